The van der Waals surface area contributed by atoms with Gasteiger partial charge in [0.25, 0.3) is 0 Å². The molecule has 2 atom stereocenters. The highest BCUT2D eigenvalue weighted by Crippen LogP contribution is 2.41. The number of rotatable bonds is 3. The minimum atomic E-state index is -0.166. The molecule has 1 spiro atoms. The van der Waals surface area contributed by atoms with Crippen LogP contribution in [-0.4, -0.2) is 72.1 Å². The lowest BCUT2D eigenvalue weighted by atomic mass is 9.78. The number of anilines is 2. The summed E-state index contributed by atoms with van der Waals surface area (Å²) in [4.78, 5) is 29.3. The number of carbonyl (C=O) groups excluding carboxylic acids is 1. The normalized spacial score (nSPS) is 30.7. The molecular weight excluding hydrogens is 352 g/mol. The number of nitrogens with one attached hydrogen (secondary N) is 1. The Morgan fingerprint density at radius 2 is 1.82 bits per heavy atom. The summed E-state index contributed by atoms with van der Waals surface area (Å²) in [6.07, 6.45) is 10.4. The average molecular weight is 385 g/mol. The van der Waals surface area contributed by atoms with E-state index in [9.17, 15) is 4.79 Å². The Labute approximate surface area is 167 Å². The third-order valence-corrected chi connectivity index (χ3v) is 7.54. The van der Waals surface area contributed by atoms with Crippen LogP contribution >= 0.6 is 0 Å². The van der Waals surface area contributed by atoms with E-state index in [4.69, 9.17) is 4.98 Å². The molecule has 7 heteroatoms. The van der Waals surface area contributed by atoms with Gasteiger partial charge in [0.2, 0.25) is 5.91 Å². The number of aromatic nitrogens is 2. The fraction of sp³-hybridized carbons (Fsp3) is 0.762. The second-order valence-electron chi connectivity index (χ2n) is 9.09. The van der Waals surface area contributed by atoms with Gasteiger partial charge in [-0.1, -0.05) is 0 Å². The molecular formula is C21H32N6O. The van der Waals surface area contributed by atoms with E-state index in [2.05, 4.69) is 27.0 Å². The molecule has 7 nitrogen and oxygen atoms in total. The van der Waals surface area contributed by atoms with Crippen LogP contribution in [0.4, 0.5) is 11.6 Å². The molecule has 1 aromatic rings. The SMILES string of the molecule is C[C@H]1CCCN1[C@@H]1CCN(c2cnc(N3CCC4(CCNCC4)C3=O)cn2)C1. The summed E-state index contributed by atoms with van der Waals surface area (Å²) in [5, 5.41) is 3.37. The van der Waals surface area contributed by atoms with Gasteiger partial charge in [-0.3, -0.25) is 14.6 Å². The average Bonchev–Trinajstić information content (AvgIpc) is 3.44. The first kappa shape index (κ1) is 18.3. The highest BCUT2D eigenvalue weighted by Gasteiger charge is 2.47. The summed E-state index contributed by atoms with van der Waals surface area (Å²) < 4.78 is 0. The topological polar surface area (TPSA) is 64.6 Å². The molecule has 28 heavy (non-hydrogen) atoms. The number of amides is 1. The number of carbonyl (C=O) groups is 1. The monoisotopic (exact) mass is 384 g/mol. The molecule has 0 unspecified atom stereocenters. The molecule has 0 saturated carbocycles. The molecule has 4 aliphatic heterocycles. The summed E-state index contributed by atoms with van der Waals surface area (Å²) in [6.45, 7) is 8.32. The second-order valence-corrected chi connectivity index (χ2v) is 9.09. The van der Waals surface area contributed by atoms with Crippen molar-refractivity contribution in [1.82, 2.24) is 20.2 Å². The molecule has 4 aliphatic rings. The Morgan fingerprint density at radius 1 is 1.04 bits per heavy atom. The van der Waals surface area contributed by atoms with Crippen LogP contribution in [0.15, 0.2) is 12.4 Å². The zero-order valence-corrected chi connectivity index (χ0v) is 16.9. The van der Waals surface area contributed by atoms with E-state index >= 15 is 0 Å². The Hall–Kier alpha value is -1.73. The summed E-state index contributed by atoms with van der Waals surface area (Å²) in [6, 6.07) is 1.35. The van der Waals surface area contributed by atoms with Crippen LogP contribution in [0.25, 0.3) is 0 Å². The maximum Gasteiger partial charge on any atom is 0.234 e. The Bertz CT molecular complexity index is 716. The number of nitrogens with zero attached hydrogens (tertiary/aromatic N) is 5. The predicted octanol–water partition coefficient (Wildman–Crippen LogP) is 1.65. The van der Waals surface area contributed by atoms with Gasteiger partial charge in [-0.25, -0.2) is 9.97 Å². The van der Waals surface area contributed by atoms with E-state index in [1.54, 1.807) is 6.20 Å². The minimum Gasteiger partial charge on any atom is -0.354 e. The minimum absolute atomic E-state index is 0.166. The van der Waals surface area contributed by atoms with Gasteiger partial charge in [0.1, 0.15) is 5.82 Å². The van der Waals surface area contributed by atoms with Crippen LogP contribution in [0.1, 0.15) is 45.4 Å². The van der Waals surface area contributed by atoms with Gasteiger partial charge >= 0.3 is 0 Å². The third kappa shape index (κ3) is 3.08. The highest BCUT2D eigenvalue weighted by molar-refractivity contribution is 5.99. The van der Waals surface area contributed by atoms with E-state index in [0.717, 1.165) is 57.8 Å². The first-order valence-electron chi connectivity index (χ1n) is 11.0. The molecule has 0 aliphatic carbocycles. The number of likely N-dealkylation sites (tertiary alicyclic amines) is 1. The molecule has 4 fully saturated rings. The number of hydrogen-bond donors (Lipinski definition) is 1. The first-order valence-corrected chi connectivity index (χ1v) is 11.0. The first-order chi connectivity index (χ1) is 13.7. The highest BCUT2D eigenvalue weighted by atomic mass is 16.2. The van der Waals surface area contributed by atoms with Crippen molar-refractivity contribution in [2.24, 2.45) is 5.41 Å². The molecule has 5 rings (SSSR count). The van der Waals surface area contributed by atoms with Gasteiger partial charge in [-0.05, 0) is 65.1 Å². The van der Waals surface area contributed by atoms with Crippen molar-refractivity contribution in [2.45, 2.75) is 57.5 Å². The molecule has 1 N–H and O–H groups in total. The summed E-state index contributed by atoms with van der Waals surface area (Å²) in [7, 11) is 0. The smallest absolute Gasteiger partial charge is 0.234 e. The second kappa shape index (κ2) is 7.26. The quantitative estimate of drug-likeness (QED) is 0.855. The van der Waals surface area contributed by atoms with Crippen LogP contribution in [0.5, 0.6) is 0 Å². The van der Waals surface area contributed by atoms with Crippen molar-refractivity contribution in [3.63, 3.8) is 0 Å². The Kier molecular flexibility index (Phi) is 4.75. The van der Waals surface area contributed by atoms with E-state index in [-0.39, 0.29) is 11.3 Å². The zero-order chi connectivity index (χ0) is 19.1. The molecule has 0 aromatic carbocycles. The van der Waals surface area contributed by atoms with Gasteiger partial charge in [-0.2, -0.15) is 0 Å². The zero-order valence-electron chi connectivity index (χ0n) is 16.9. The van der Waals surface area contributed by atoms with Crippen LogP contribution in [0, 0.1) is 5.41 Å². The number of hydrogen-bond acceptors (Lipinski definition) is 6. The maximum absolute atomic E-state index is 13.1. The van der Waals surface area contributed by atoms with Crippen LogP contribution in [-0.2, 0) is 4.79 Å². The molecule has 152 valence electrons. The lowest BCUT2D eigenvalue weighted by Crippen LogP contribution is -2.43. The molecule has 4 saturated heterocycles. The van der Waals surface area contributed by atoms with E-state index in [1.807, 2.05) is 11.1 Å². The van der Waals surface area contributed by atoms with Crippen LogP contribution in [0.3, 0.4) is 0 Å². The fourth-order valence-electron chi connectivity index (χ4n) is 5.74. The van der Waals surface area contributed by atoms with Gasteiger partial charge in [0.15, 0.2) is 5.82 Å². The van der Waals surface area contributed by atoms with Crippen molar-refractivity contribution in [3.05, 3.63) is 12.4 Å². The van der Waals surface area contributed by atoms with Gasteiger partial charge < -0.3 is 10.2 Å². The van der Waals surface area contributed by atoms with E-state index in [1.165, 1.54) is 25.8 Å². The van der Waals surface area contributed by atoms with E-state index in [0.29, 0.717) is 17.9 Å². The standard InChI is InChI=1S/C21H32N6O/c1-16-3-2-10-26(16)17-4-11-25(15-17)18-13-24-19(14-23-18)27-12-7-21(20(27)28)5-8-22-9-6-21/h13-14,16-17,22H,2-12,15H2,1H3/t16-,17+/m0/s1. The lowest BCUT2D eigenvalue weighted by molar-refractivity contribution is -0.126. The predicted molar refractivity (Wildman–Crippen MR) is 110 cm³/mol. The Balaban J connectivity index is 1.25. The van der Waals surface area contributed by atoms with Gasteiger partial charge in [0, 0.05) is 31.7 Å². The van der Waals surface area contributed by atoms with Crippen molar-refractivity contribution < 1.29 is 4.79 Å². The molecule has 0 bridgehead atoms. The van der Waals surface area contributed by atoms with Gasteiger partial charge in [-0.15, -0.1) is 0 Å². The molecule has 1 amide bonds. The van der Waals surface area contributed by atoms with Gasteiger partial charge in [0.05, 0.1) is 17.8 Å². The molecule has 1 aromatic heterocycles. The summed E-state index contributed by atoms with van der Waals surface area (Å²) in [5.74, 6) is 1.91. The van der Waals surface area contributed by atoms with Crippen LogP contribution in [0.2, 0.25) is 0 Å². The van der Waals surface area contributed by atoms with E-state index < -0.39 is 0 Å². The van der Waals surface area contributed by atoms with Crippen molar-refractivity contribution in [1.29, 1.82) is 0 Å². The molecule has 0 radical (unpaired) electrons. The van der Waals surface area contributed by atoms with Crippen molar-refractivity contribution in [3.8, 4) is 0 Å². The number of piperidine rings is 1. The third-order valence-electron chi connectivity index (χ3n) is 7.54. The summed E-state index contributed by atoms with van der Waals surface area (Å²) >= 11 is 0. The maximum atomic E-state index is 13.1. The van der Waals surface area contributed by atoms with Crippen molar-refractivity contribution >= 4 is 17.5 Å². The fourth-order valence-corrected chi connectivity index (χ4v) is 5.74. The Morgan fingerprint density at radius 3 is 2.54 bits per heavy atom. The summed E-state index contributed by atoms with van der Waals surface area (Å²) in [5.41, 5.74) is -0.166. The lowest BCUT2D eigenvalue weighted by Gasteiger charge is -2.31. The van der Waals surface area contributed by atoms with Crippen molar-refractivity contribution in [2.75, 3.05) is 49.1 Å². The van der Waals surface area contributed by atoms with Crippen LogP contribution < -0.4 is 15.1 Å². The largest absolute Gasteiger partial charge is 0.354 e. The molecule has 5 heterocycles.